The van der Waals surface area contributed by atoms with E-state index in [1.165, 1.54) is 3.97 Å². The number of carboxylic acids is 1. The van der Waals surface area contributed by atoms with Crippen molar-refractivity contribution in [1.82, 2.24) is 3.97 Å². The molecule has 3 N–H and O–H groups in total. The van der Waals surface area contributed by atoms with Gasteiger partial charge in [-0.3, -0.25) is 14.4 Å². The average molecular weight is 646 g/mol. The van der Waals surface area contributed by atoms with Crippen molar-refractivity contribution >= 4 is 50.1 Å². The van der Waals surface area contributed by atoms with Gasteiger partial charge >= 0.3 is 5.97 Å². The lowest BCUT2D eigenvalue weighted by Gasteiger charge is -2.20. The summed E-state index contributed by atoms with van der Waals surface area (Å²) >= 11 is 0. The van der Waals surface area contributed by atoms with Crippen LogP contribution in [0.15, 0.2) is 77.7 Å². The lowest BCUT2D eigenvalue weighted by atomic mass is 10.0. The highest BCUT2D eigenvalue weighted by molar-refractivity contribution is 7.90. The maximum atomic E-state index is 14.2. The first-order chi connectivity index (χ1) is 22.1. The number of fused-ring (bicyclic) bond motifs is 4. The molecule has 2 atom stereocenters. The second-order valence-corrected chi connectivity index (χ2v) is 13.5. The van der Waals surface area contributed by atoms with Gasteiger partial charge in [0.25, 0.3) is 21.8 Å². The number of rotatable bonds is 8. The normalized spacial score (nSPS) is 16.9. The Morgan fingerprint density at radius 2 is 1.63 bits per heavy atom. The third-order valence-electron chi connectivity index (χ3n) is 8.34. The first kappa shape index (κ1) is 32.9. The van der Waals surface area contributed by atoms with Gasteiger partial charge in [0.05, 0.1) is 33.3 Å². The number of unbranched alkanes of at least 4 members (excludes halogenated alkanes) is 1. The van der Waals surface area contributed by atoms with Crippen LogP contribution in [0, 0.1) is 12.8 Å². The maximum Gasteiger partial charge on any atom is 0.306 e. The highest BCUT2D eigenvalue weighted by Crippen LogP contribution is 2.33. The predicted molar refractivity (Wildman–Crippen MR) is 177 cm³/mol. The van der Waals surface area contributed by atoms with E-state index in [-0.39, 0.29) is 29.4 Å². The number of nitrogens with one attached hydrogen (secondary N) is 2. The number of anilines is 2. The van der Waals surface area contributed by atoms with Gasteiger partial charge in [-0.1, -0.05) is 67.8 Å². The second-order valence-electron chi connectivity index (χ2n) is 11.8. The molecule has 0 radical (unpaired) electrons. The zero-order chi connectivity index (χ0) is 32.8. The van der Waals surface area contributed by atoms with Crippen LogP contribution in [0.4, 0.5) is 11.4 Å². The maximum absolute atomic E-state index is 14.2. The summed E-state index contributed by atoms with van der Waals surface area (Å²) in [6.07, 6.45) is 2.66. The summed E-state index contributed by atoms with van der Waals surface area (Å²) in [7, 11) is -4.07. The Bertz CT molecular complexity index is 1850. The molecule has 5 rings (SSSR count). The minimum Gasteiger partial charge on any atom is -0.481 e. The third-order valence-corrected chi connectivity index (χ3v) is 10.1. The van der Waals surface area contributed by atoms with E-state index in [9.17, 15) is 27.9 Å². The molecule has 0 saturated heterocycles. The van der Waals surface area contributed by atoms with Crippen molar-refractivity contribution in [1.29, 1.82) is 0 Å². The fourth-order valence-electron chi connectivity index (χ4n) is 5.75. The Hall–Kier alpha value is -4.48. The van der Waals surface area contributed by atoms with Crippen LogP contribution in [0.5, 0.6) is 0 Å². The largest absolute Gasteiger partial charge is 0.481 e. The highest BCUT2D eigenvalue weighted by Gasteiger charge is 2.30. The van der Waals surface area contributed by atoms with E-state index in [4.69, 9.17) is 4.74 Å². The second kappa shape index (κ2) is 14.3. The van der Waals surface area contributed by atoms with Gasteiger partial charge in [-0.25, -0.2) is 12.4 Å². The molecule has 1 aliphatic rings. The van der Waals surface area contributed by atoms with Gasteiger partial charge in [0, 0.05) is 17.7 Å². The molecular weight excluding hydrogens is 606 g/mol. The number of carbonyl (C=O) groups excluding carboxylic acids is 2. The van der Waals surface area contributed by atoms with Gasteiger partial charge in [-0.05, 0) is 69.4 Å². The quantitative estimate of drug-likeness (QED) is 0.189. The number of hydrogen-bond acceptors (Lipinski definition) is 6. The Balaban J connectivity index is 1.51. The molecule has 0 aliphatic carbocycles. The molecule has 11 heteroatoms. The zero-order valence-electron chi connectivity index (χ0n) is 26.0. The van der Waals surface area contributed by atoms with Crippen molar-refractivity contribution in [3.8, 4) is 0 Å². The topological polar surface area (TPSA) is 144 Å². The first-order valence-electron chi connectivity index (χ1n) is 15.6. The molecule has 2 amide bonds. The van der Waals surface area contributed by atoms with Crippen LogP contribution in [0.3, 0.4) is 0 Å². The number of benzene rings is 3. The number of nitrogens with zero attached hydrogens (tertiary/aromatic N) is 1. The summed E-state index contributed by atoms with van der Waals surface area (Å²) in [5, 5.41) is 15.5. The van der Waals surface area contributed by atoms with E-state index in [0.29, 0.717) is 66.5 Å². The van der Waals surface area contributed by atoms with E-state index in [2.05, 4.69) is 10.6 Å². The van der Waals surface area contributed by atoms with Crippen molar-refractivity contribution in [3.63, 3.8) is 0 Å². The third kappa shape index (κ3) is 7.16. The van der Waals surface area contributed by atoms with E-state index < -0.39 is 33.9 Å². The van der Waals surface area contributed by atoms with Gasteiger partial charge in [-0.15, -0.1) is 0 Å². The Labute approximate surface area is 268 Å². The molecule has 10 nitrogen and oxygen atoms in total. The van der Waals surface area contributed by atoms with Gasteiger partial charge in [0.15, 0.2) is 0 Å². The van der Waals surface area contributed by atoms with E-state index in [1.807, 2.05) is 6.92 Å². The summed E-state index contributed by atoms with van der Waals surface area (Å²) in [5.74, 6) is -2.15. The SMILES string of the molecule is Cc1ccc(S(=O)(=O)n2c3c(c4ccccc42)C(=O)Nc2ccccc2NC(=O)C(CCCC[C@H](C)C(=O)O)OCCCC3)cc1. The van der Waals surface area contributed by atoms with Gasteiger partial charge in [0.1, 0.15) is 6.10 Å². The molecule has 0 spiro atoms. The van der Waals surface area contributed by atoms with Crippen LogP contribution in [0.1, 0.15) is 67.1 Å². The van der Waals surface area contributed by atoms with Crippen molar-refractivity contribution in [2.75, 3.05) is 17.2 Å². The highest BCUT2D eigenvalue weighted by atomic mass is 32.2. The zero-order valence-corrected chi connectivity index (χ0v) is 26.8. The van der Waals surface area contributed by atoms with Crippen molar-refractivity contribution < 1.29 is 32.6 Å². The molecule has 46 heavy (non-hydrogen) atoms. The van der Waals surface area contributed by atoms with Gasteiger partial charge in [-0.2, -0.15) is 0 Å². The average Bonchev–Trinajstić information content (AvgIpc) is 3.37. The number of para-hydroxylation sites is 3. The molecule has 4 aromatic rings. The number of aryl methyl sites for hydroxylation is 1. The summed E-state index contributed by atoms with van der Waals surface area (Å²) in [6.45, 7) is 3.80. The molecule has 3 aromatic carbocycles. The summed E-state index contributed by atoms with van der Waals surface area (Å²) in [5.41, 5.74) is 2.71. The number of aromatic nitrogens is 1. The predicted octanol–water partition coefficient (Wildman–Crippen LogP) is 6.38. The Kier molecular flexibility index (Phi) is 10.2. The first-order valence-corrected chi connectivity index (χ1v) is 17.0. The smallest absolute Gasteiger partial charge is 0.306 e. The minimum atomic E-state index is -4.07. The molecule has 0 saturated carbocycles. The molecular formula is C35H39N3O7S. The number of carbonyl (C=O) groups is 3. The lowest BCUT2D eigenvalue weighted by Crippen LogP contribution is -2.31. The van der Waals surface area contributed by atoms with E-state index >= 15 is 0 Å². The lowest BCUT2D eigenvalue weighted by molar-refractivity contribution is -0.141. The summed E-state index contributed by atoms with van der Waals surface area (Å²) < 4.78 is 35.7. The van der Waals surface area contributed by atoms with Crippen molar-refractivity contribution in [3.05, 3.63) is 89.6 Å². The summed E-state index contributed by atoms with van der Waals surface area (Å²) in [4.78, 5) is 38.8. The van der Waals surface area contributed by atoms with Crippen molar-refractivity contribution in [2.24, 2.45) is 5.92 Å². The molecule has 0 bridgehead atoms. The molecule has 1 aromatic heterocycles. The Morgan fingerprint density at radius 3 is 2.35 bits per heavy atom. The fourth-order valence-corrected chi connectivity index (χ4v) is 7.33. The minimum absolute atomic E-state index is 0.124. The van der Waals surface area contributed by atoms with Crippen LogP contribution in [-0.4, -0.2) is 48.0 Å². The molecule has 1 aliphatic heterocycles. The number of ether oxygens (including phenoxy) is 1. The van der Waals surface area contributed by atoms with Gasteiger partial charge < -0.3 is 20.5 Å². The molecule has 242 valence electrons. The van der Waals surface area contributed by atoms with Crippen LogP contribution < -0.4 is 10.6 Å². The van der Waals surface area contributed by atoms with Gasteiger partial charge in [0.2, 0.25) is 0 Å². The van der Waals surface area contributed by atoms with Crippen LogP contribution in [0.25, 0.3) is 10.9 Å². The monoisotopic (exact) mass is 645 g/mol. The summed E-state index contributed by atoms with van der Waals surface area (Å²) in [6, 6.07) is 20.4. The van der Waals surface area contributed by atoms with E-state index in [0.717, 1.165) is 5.56 Å². The number of carboxylic acid groups (broad SMARTS) is 1. The number of aliphatic carboxylic acids is 1. The fraction of sp³-hybridized carbons (Fsp3) is 0.343. The molecule has 1 unspecified atom stereocenters. The van der Waals surface area contributed by atoms with Crippen LogP contribution in [0.2, 0.25) is 0 Å². The number of hydrogen-bond donors (Lipinski definition) is 3. The van der Waals surface area contributed by atoms with Crippen LogP contribution >= 0.6 is 0 Å². The van der Waals surface area contributed by atoms with Crippen molar-refractivity contribution in [2.45, 2.75) is 69.8 Å². The van der Waals surface area contributed by atoms with E-state index in [1.54, 1.807) is 79.7 Å². The standard InChI is InChI=1S/C35H39N3O7S/c1-23-18-20-25(21-19-23)46(43,44)38-29-15-7-4-12-26(29)32-30(38)16-9-10-22-45-31(17-8-3-11-24(2)35(41)42)33(39)36-27-13-5-6-14-28(27)37-34(32)40/h4-7,12-15,18-21,24,31H,3,8-11,16-17,22H2,1-2H3,(H,36,39)(H,37,40)(H,41,42)/t24-,31?/m0/s1. The Morgan fingerprint density at radius 1 is 0.957 bits per heavy atom. The van der Waals surface area contributed by atoms with Crippen LogP contribution in [-0.2, 0) is 30.8 Å². The molecule has 0 fully saturated rings. The molecule has 2 heterocycles. The number of amides is 2.